The summed E-state index contributed by atoms with van der Waals surface area (Å²) in [6.45, 7) is 2.36. The van der Waals surface area contributed by atoms with Gasteiger partial charge in [0, 0.05) is 0 Å². The first-order valence-electron chi connectivity index (χ1n) is 9.06. The molecule has 29 heavy (non-hydrogen) atoms. The molecular weight excluding hydrogens is 433 g/mol. The van der Waals surface area contributed by atoms with Gasteiger partial charge in [0.05, 0.1) is 0 Å². The molecule has 0 atom stereocenters. The Bertz CT molecular complexity index is 734. The Balaban J connectivity index is 0.00000261. The summed E-state index contributed by atoms with van der Waals surface area (Å²) in [5, 5.41) is 10.9. The van der Waals surface area contributed by atoms with E-state index in [2.05, 4.69) is 4.90 Å². The largest absolute Gasteiger partial charge is 0.870 e. The second-order valence-corrected chi connectivity index (χ2v) is 8.20. The molecule has 7 nitrogen and oxygen atoms in total. The van der Waals surface area contributed by atoms with Crippen molar-refractivity contribution in [2.75, 3.05) is 31.6 Å². The molecule has 0 unspecified atom stereocenters. The van der Waals surface area contributed by atoms with E-state index in [1.807, 2.05) is 78.2 Å². The molecule has 2 aromatic rings. The molecule has 1 saturated heterocycles. The van der Waals surface area contributed by atoms with Gasteiger partial charge in [-0.1, -0.05) is 30.3 Å². The Morgan fingerprint density at radius 3 is 2.14 bits per heavy atom. The molecule has 1 aliphatic rings. The third-order valence-corrected chi connectivity index (χ3v) is 5.96. The Labute approximate surface area is 180 Å². The number of piperidine rings is 1. The summed E-state index contributed by atoms with van der Waals surface area (Å²) in [7, 11) is 1.83. The molecule has 1 fully saturated rings. The number of anilines is 1. The molecule has 0 radical (unpaired) electrons. The average molecular weight is 461 g/mol. The average Bonchev–Trinajstić information content (AvgIpc) is 2.68. The number of rotatable bonds is 5. The van der Waals surface area contributed by atoms with Crippen molar-refractivity contribution in [3.63, 3.8) is 0 Å². The van der Waals surface area contributed by atoms with Crippen molar-refractivity contribution < 1.29 is 26.3 Å². The normalized spacial score (nSPS) is 15.3. The first-order valence-corrected chi connectivity index (χ1v) is 10.1. The molecule has 0 aromatic heterocycles. The Kier molecular flexibility index (Phi) is 11.3. The Morgan fingerprint density at radius 2 is 1.59 bits per heavy atom. The van der Waals surface area contributed by atoms with Crippen molar-refractivity contribution in [2.45, 2.75) is 24.9 Å². The molecule has 3 rings (SSSR count). The quantitative estimate of drug-likeness (QED) is 0.668. The predicted octanol–water partition coefficient (Wildman–Crippen LogP) is 1.29. The maximum absolute atomic E-state index is 12.5. The molecule has 0 saturated carbocycles. The van der Waals surface area contributed by atoms with E-state index in [1.165, 1.54) is 4.40 Å². The minimum absolute atomic E-state index is 0. The van der Waals surface area contributed by atoms with E-state index in [0.717, 1.165) is 30.9 Å². The molecule has 1 aliphatic heterocycles. The first kappa shape index (κ1) is 27.3. The number of amides is 1. The van der Waals surface area contributed by atoms with Crippen molar-refractivity contribution >= 4 is 32.5 Å². The third kappa shape index (κ3) is 6.92. The summed E-state index contributed by atoms with van der Waals surface area (Å²) in [6.07, 6.45) is 1.91. The molecule has 156 valence electrons. The van der Waals surface area contributed by atoms with Gasteiger partial charge in [-0.05, 0) is 5.56 Å². The fraction of sp³-hybridized carbons (Fsp3) is 0.381. The standard InChI is InChI=1S/C21H25GeN2O2.3H2O/c1-23(19-9-7-18(22)8-10-19)20(25)11-14-24-15-12-21(26,13-16-24)17-5-3-2-4-6-17;;;/h2-10,26H,11-16H2,1H3;3*1H2/q+3;;;/p-3. The number of carbonyl (C=O) groups excluding carboxylic acids is 1. The second kappa shape index (κ2) is 12.1. The Morgan fingerprint density at radius 1 is 1.03 bits per heavy atom. The number of hydrogen-bond donors (Lipinski definition) is 1. The second-order valence-electron chi connectivity index (χ2n) is 6.99. The van der Waals surface area contributed by atoms with Crippen LogP contribution in [0, 0.1) is 0 Å². The van der Waals surface area contributed by atoms with E-state index in [9.17, 15) is 9.90 Å². The molecule has 4 N–H and O–H groups in total. The van der Waals surface area contributed by atoms with Gasteiger partial charge in [-0.2, -0.15) is 0 Å². The molecule has 0 aliphatic carbocycles. The summed E-state index contributed by atoms with van der Waals surface area (Å²) < 4.78 is 1.19. The number of hydrogen-bond acceptors (Lipinski definition) is 6. The monoisotopic (exact) mass is 462 g/mol. The molecule has 0 spiro atoms. The van der Waals surface area contributed by atoms with E-state index in [4.69, 9.17) is 0 Å². The van der Waals surface area contributed by atoms with Gasteiger partial charge in [-0.3, -0.25) is 0 Å². The molecule has 2 aromatic carbocycles. The van der Waals surface area contributed by atoms with Gasteiger partial charge in [0.25, 0.3) is 0 Å². The maximum Gasteiger partial charge on any atom is -0.870 e. The van der Waals surface area contributed by atoms with Crippen LogP contribution in [0.2, 0.25) is 0 Å². The fourth-order valence-electron chi connectivity index (χ4n) is 3.43. The van der Waals surface area contributed by atoms with Gasteiger partial charge in [-0.25, -0.2) is 0 Å². The molecular formula is C21H28GeN2O5. The van der Waals surface area contributed by atoms with E-state index in [1.54, 1.807) is 4.90 Å². The van der Waals surface area contributed by atoms with Crippen LogP contribution in [0.4, 0.5) is 5.69 Å². The predicted molar refractivity (Wildman–Crippen MR) is 112 cm³/mol. The first-order chi connectivity index (χ1) is 12.5. The van der Waals surface area contributed by atoms with Crippen LogP contribution >= 0.6 is 0 Å². The van der Waals surface area contributed by atoms with Crippen molar-refractivity contribution in [2.24, 2.45) is 0 Å². The summed E-state index contributed by atoms with van der Waals surface area (Å²) in [4.78, 5) is 16.5. The number of aliphatic hydroxyl groups is 1. The van der Waals surface area contributed by atoms with Gasteiger partial charge in [0.1, 0.15) is 0 Å². The van der Waals surface area contributed by atoms with Gasteiger partial charge in [-0.15, -0.1) is 0 Å². The SMILES string of the molecule is CN(C(=O)CCN1CCC(O)(c2ccccc2)CC1)c1cc[c]([Ge+3])cc1.[OH-].[OH-].[OH-]. The van der Waals surface area contributed by atoms with Crippen LogP contribution < -0.4 is 9.30 Å². The number of carbonyl (C=O) groups is 1. The Hall–Kier alpha value is -1.75. The van der Waals surface area contributed by atoms with Crippen LogP contribution in [0.1, 0.15) is 24.8 Å². The molecule has 8 heteroatoms. The van der Waals surface area contributed by atoms with Gasteiger partial charge in [0.15, 0.2) is 0 Å². The number of benzene rings is 2. The molecule has 0 bridgehead atoms. The van der Waals surface area contributed by atoms with Crippen LogP contribution in [0.15, 0.2) is 54.6 Å². The van der Waals surface area contributed by atoms with Crippen LogP contribution in [-0.4, -0.2) is 75.5 Å². The number of likely N-dealkylation sites (tertiary alicyclic amines) is 1. The van der Waals surface area contributed by atoms with E-state index in [-0.39, 0.29) is 22.3 Å². The van der Waals surface area contributed by atoms with Gasteiger partial charge < -0.3 is 21.5 Å². The van der Waals surface area contributed by atoms with Gasteiger partial charge in [0.2, 0.25) is 0 Å². The van der Waals surface area contributed by atoms with E-state index < -0.39 is 5.60 Å². The zero-order chi connectivity index (χ0) is 18.6. The smallest absolute Gasteiger partial charge is 0.870 e. The van der Waals surface area contributed by atoms with Gasteiger partial charge >= 0.3 is 123 Å². The minimum Gasteiger partial charge on any atom is -0.870 e. The van der Waals surface area contributed by atoms with E-state index >= 15 is 0 Å². The van der Waals surface area contributed by atoms with Crippen LogP contribution in [0.25, 0.3) is 0 Å². The van der Waals surface area contributed by atoms with E-state index in [0.29, 0.717) is 19.3 Å². The van der Waals surface area contributed by atoms with Crippen molar-refractivity contribution in [3.8, 4) is 0 Å². The number of nitrogens with zero attached hydrogens (tertiary/aromatic N) is 2. The maximum atomic E-state index is 12.5. The summed E-state index contributed by atoms with van der Waals surface area (Å²) in [5.74, 6) is 0.123. The zero-order valence-electron chi connectivity index (χ0n) is 16.5. The van der Waals surface area contributed by atoms with Crippen LogP contribution in [0.5, 0.6) is 0 Å². The molecule has 1 amide bonds. The van der Waals surface area contributed by atoms with Crippen molar-refractivity contribution in [1.29, 1.82) is 0 Å². The summed E-state index contributed by atoms with van der Waals surface area (Å²) in [5.41, 5.74) is 1.19. The zero-order valence-corrected chi connectivity index (χ0v) is 18.6. The molecule has 1 heterocycles. The van der Waals surface area contributed by atoms with Crippen LogP contribution in [0.3, 0.4) is 0 Å². The minimum atomic E-state index is -0.736. The fourth-order valence-corrected chi connectivity index (χ4v) is 3.78. The third-order valence-electron chi connectivity index (χ3n) is 5.26. The topological polar surface area (TPSA) is 134 Å². The summed E-state index contributed by atoms with van der Waals surface area (Å²) in [6, 6.07) is 17.9. The van der Waals surface area contributed by atoms with Crippen molar-refractivity contribution in [3.05, 3.63) is 60.2 Å². The van der Waals surface area contributed by atoms with Crippen LogP contribution in [-0.2, 0) is 10.4 Å². The summed E-state index contributed by atoms with van der Waals surface area (Å²) >= 11 is 2.04. The van der Waals surface area contributed by atoms with Crippen molar-refractivity contribution in [1.82, 2.24) is 4.90 Å².